The Labute approximate surface area is 212 Å². The molecule has 1 aliphatic heterocycles. The Morgan fingerprint density at radius 2 is 1.94 bits per heavy atom. The number of ether oxygens (including phenoxy) is 2. The van der Waals surface area contributed by atoms with Crippen molar-refractivity contribution in [3.63, 3.8) is 0 Å². The molecule has 9 nitrogen and oxygen atoms in total. The van der Waals surface area contributed by atoms with E-state index in [1.165, 1.54) is 0 Å². The monoisotopic (exact) mass is 499 g/mol. The Morgan fingerprint density at radius 1 is 1.17 bits per heavy atom. The number of pyridine rings is 1. The molecule has 2 fully saturated rings. The molecule has 2 aromatic heterocycles. The fourth-order valence-electron chi connectivity index (χ4n) is 4.64. The van der Waals surface area contributed by atoms with Gasteiger partial charge in [-0.25, -0.2) is 15.0 Å². The van der Waals surface area contributed by atoms with Crippen LogP contribution in [0.2, 0.25) is 5.02 Å². The molecule has 0 unspecified atom stereocenters. The number of nitrogens with one attached hydrogen (secondary N) is 3. The number of nitrogens with zero attached hydrogens (tertiary/aromatic N) is 4. The molecule has 10 heteroatoms. The Kier molecular flexibility index (Phi) is 9.10. The normalized spacial score (nSPS) is 21.7. The number of anilines is 2. The zero-order valence-electron chi connectivity index (χ0n) is 20.2. The van der Waals surface area contributed by atoms with Gasteiger partial charge in [0.1, 0.15) is 11.6 Å². The average molecular weight is 500 g/mol. The van der Waals surface area contributed by atoms with Crippen LogP contribution in [0.15, 0.2) is 24.5 Å². The van der Waals surface area contributed by atoms with Crippen LogP contribution in [0.25, 0.3) is 11.4 Å². The Balaban J connectivity index is 1.38. The predicted octanol–water partition coefficient (Wildman–Crippen LogP) is 3.88. The third-order valence-electron chi connectivity index (χ3n) is 6.87. The van der Waals surface area contributed by atoms with E-state index in [-0.39, 0.29) is 0 Å². The van der Waals surface area contributed by atoms with Gasteiger partial charge >= 0.3 is 0 Å². The topological polar surface area (TPSA) is 117 Å². The standard InChI is InChI=1S/C25H34ClN7O2/c1-34-13-10-28-18-2-4-19(5-3-18)32-23-14-20(21(26)15-30-23)24-29-9-6-22(33-24)31-17-25(16-27)7-11-35-12-8-25/h6,9,14-15,18-19,28H,2-5,7-8,10-13,17H2,1H3,(H,30,32)(H,29,31,33)/t18-,19-. The van der Waals surface area contributed by atoms with Gasteiger partial charge in [-0.05, 0) is 50.7 Å². The lowest BCUT2D eigenvalue weighted by Crippen LogP contribution is -2.38. The molecule has 0 amide bonds. The molecule has 1 saturated heterocycles. The summed E-state index contributed by atoms with van der Waals surface area (Å²) in [6.07, 6.45) is 9.17. The maximum Gasteiger partial charge on any atom is 0.163 e. The van der Waals surface area contributed by atoms with Gasteiger partial charge in [0.05, 0.1) is 23.1 Å². The molecule has 3 N–H and O–H groups in total. The zero-order valence-corrected chi connectivity index (χ0v) is 21.0. The van der Waals surface area contributed by atoms with E-state index >= 15 is 0 Å². The molecule has 2 aliphatic rings. The third kappa shape index (κ3) is 7.01. The largest absolute Gasteiger partial charge is 0.383 e. The summed E-state index contributed by atoms with van der Waals surface area (Å²) < 4.78 is 10.5. The van der Waals surface area contributed by atoms with Crippen molar-refractivity contribution in [2.45, 2.75) is 50.6 Å². The minimum Gasteiger partial charge on any atom is -0.383 e. The van der Waals surface area contributed by atoms with Crippen LogP contribution in [0.5, 0.6) is 0 Å². The van der Waals surface area contributed by atoms with E-state index in [9.17, 15) is 5.26 Å². The summed E-state index contributed by atoms with van der Waals surface area (Å²) >= 11 is 6.48. The first kappa shape index (κ1) is 25.6. The average Bonchev–Trinajstić information content (AvgIpc) is 2.90. The summed E-state index contributed by atoms with van der Waals surface area (Å²) in [7, 11) is 1.73. The lowest BCUT2D eigenvalue weighted by Gasteiger charge is -2.30. The number of hydrogen-bond acceptors (Lipinski definition) is 9. The van der Waals surface area contributed by atoms with Gasteiger partial charge in [-0.3, -0.25) is 0 Å². The highest BCUT2D eigenvalue weighted by Gasteiger charge is 2.32. The van der Waals surface area contributed by atoms with Crippen molar-refractivity contribution in [1.29, 1.82) is 5.26 Å². The van der Waals surface area contributed by atoms with Gasteiger partial charge in [0.25, 0.3) is 0 Å². The Bertz CT molecular complexity index is 1000. The van der Waals surface area contributed by atoms with Crippen molar-refractivity contribution in [2.75, 3.05) is 50.7 Å². The van der Waals surface area contributed by atoms with Gasteiger partial charge in [0, 0.05) is 63.5 Å². The second kappa shape index (κ2) is 12.5. The van der Waals surface area contributed by atoms with E-state index < -0.39 is 5.41 Å². The summed E-state index contributed by atoms with van der Waals surface area (Å²) in [5.74, 6) is 1.96. The Morgan fingerprint density at radius 3 is 2.69 bits per heavy atom. The van der Waals surface area contributed by atoms with E-state index in [2.05, 4.69) is 37.0 Å². The second-order valence-electron chi connectivity index (χ2n) is 9.31. The number of rotatable bonds is 10. The second-order valence-corrected chi connectivity index (χ2v) is 9.72. The molecule has 0 radical (unpaired) electrons. The first-order valence-electron chi connectivity index (χ1n) is 12.3. The number of halogens is 1. The van der Waals surface area contributed by atoms with Crippen molar-refractivity contribution in [2.24, 2.45) is 5.41 Å². The molecule has 0 atom stereocenters. The van der Waals surface area contributed by atoms with E-state index in [1.54, 1.807) is 25.6 Å². The quantitative estimate of drug-likeness (QED) is 0.418. The summed E-state index contributed by atoms with van der Waals surface area (Å²) in [4.78, 5) is 13.6. The van der Waals surface area contributed by atoms with Crippen LogP contribution in [-0.2, 0) is 9.47 Å². The summed E-state index contributed by atoms with van der Waals surface area (Å²) in [6, 6.07) is 7.11. The van der Waals surface area contributed by atoms with Gasteiger partial charge in [0.2, 0.25) is 0 Å². The molecule has 1 saturated carbocycles. The van der Waals surface area contributed by atoms with Gasteiger partial charge in [-0.1, -0.05) is 11.6 Å². The van der Waals surface area contributed by atoms with E-state index in [0.717, 1.165) is 50.2 Å². The smallest absolute Gasteiger partial charge is 0.163 e. The van der Waals surface area contributed by atoms with Crippen LogP contribution >= 0.6 is 11.6 Å². The van der Waals surface area contributed by atoms with Gasteiger partial charge in [-0.15, -0.1) is 0 Å². The van der Waals surface area contributed by atoms with Gasteiger partial charge in [0.15, 0.2) is 5.82 Å². The molecular formula is C25H34ClN7O2. The molecule has 2 aromatic rings. The number of nitriles is 1. The fourth-order valence-corrected chi connectivity index (χ4v) is 4.83. The first-order valence-corrected chi connectivity index (χ1v) is 12.7. The molecule has 1 aliphatic carbocycles. The van der Waals surface area contributed by atoms with Gasteiger partial charge < -0.3 is 25.4 Å². The Hall–Kier alpha value is -2.51. The van der Waals surface area contributed by atoms with Gasteiger partial charge in [-0.2, -0.15) is 5.26 Å². The molecule has 0 aromatic carbocycles. The van der Waals surface area contributed by atoms with Crippen LogP contribution < -0.4 is 16.0 Å². The molecule has 35 heavy (non-hydrogen) atoms. The summed E-state index contributed by atoms with van der Waals surface area (Å²) in [5.41, 5.74) is 0.288. The van der Waals surface area contributed by atoms with Crippen molar-refractivity contribution in [1.82, 2.24) is 20.3 Å². The van der Waals surface area contributed by atoms with E-state index in [4.69, 9.17) is 21.1 Å². The molecule has 4 rings (SSSR count). The van der Waals surface area contributed by atoms with Crippen molar-refractivity contribution in [3.05, 3.63) is 29.5 Å². The van der Waals surface area contributed by atoms with Crippen molar-refractivity contribution in [3.8, 4) is 17.5 Å². The highest BCUT2D eigenvalue weighted by molar-refractivity contribution is 6.33. The first-order chi connectivity index (χ1) is 17.1. The minimum atomic E-state index is -0.437. The highest BCUT2D eigenvalue weighted by atomic mass is 35.5. The van der Waals surface area contributed by atoms with Crippen LogP contribution in [0, 0.1) is 16.7 Å². The number of methoxy groups -OCH3 is 1. The number of hydrogen-bond donors (Lipinski definition) is 3. The molecule has 3 heterocycles. The van der Waals surface area contributed by atoms with E-state index in [0.29, 0.717) is 61.3 Å². The zero-order chi connectivity index (χ0) is 24.5. The highest BCUT2D eigenvalue weighted by Crippen LogP contribution is 2.31. The molecular weight excluding hydrogens is 466 g/mol. The SMILES string of the molecule is COCCN[C@H]1CC[C@H](Nc2cc(-c3nccc(NCC4(C#N)CCOCC4)n3)c(Cl)cn2)CC1. The van der Waals surface area contributed by atoms with E-state index in [1.807, 2.05) is 6.07 Å². The minimum absolute atomic E-state index is 0.368. The third-order valence-corrected chi connectivity index (χ3v) is 7.17. The van der Waals surface area contributed by atoms with Crippen LogP contribution in [0.3, 0.4) is 0 Å². The number of aromatic nitrogens is 3. The molecule has 0 bridgehead atoms. The van der Waals surface area contributed by atoms with Crippen LogP contribution in [-0.4, -0.2) is 67.1 Å². The predicted molar refractivity (Wildman–Crippen MR) is 136 cm³/mol. The lowest BCUT2D eigenvalue weighted by molar-refractivity contribution is 0.0455. The fraction of sp³-hybridized carbons (Fsp3) is 0.600. The molecule has 0 spiro atoms. The summed E-state index contributed by atoms with van der Waals surface area (Å²) in [5, 5.41) is 20.6. The maximum atomic E-state index is 9.70. The van der Waals surface area contributed by atoms with Crippen LogP contribution in [0.4, 0.5) is 11.6 Å². The lowest BCUT2D eigenvalue weighted by atomic mass is 9.82. The van der Waals surface area contributed by atoms with Crippen molar-refractivity contribution < 1.29 is 9.47 Å². The van der Waals surface area contributed by atoms with Crippen LogP contribution in [0.1, 0.15) is 38.5 Å². The van der Waals surface area contributed by atoms with Crippen molar-refractivity contribution >= 4 is 23.2 Å². The molecule has 188 valence electrons. The summed E-state index contributed by atoms with van der Waals surface area (Å²) in [6.45, 7) is 3.37. The maximum absolute atomic E-state index is 9.70.